The molecule has 3 aromatic rings. The average molecular weight is 354 g/mol. The highest BCUT2D eigenvalue weighted by Gasteiger charge is 2.20. The molecule has 0 unspecified atom stereocenters. The molecule has 0 radical (unpaired) electrons. The first-order valence-electron chi connectivity index (χ1n) is 8.64. The lowest BCUT2D eigenvalue weighted by molar-refractivity contribution is 0.200. The van der Waals surface area contributed by atoms with Crippen LogP contribution < -0.4 is 9.64 Å². The number of hydrogen-bond acceptors (Lipinski definition) is 6. The molecule has 1 aliphatic heterocycles. The standard InChI is InChI=1S/C19H22N4OS/c1-15-2-4-16(5-3-15)24-12-11-22-7-9-23(10-8-22)18-17-6-13-25-19(17)21-14-20-18/h2-6,13-14H,7-12H2,1H3. The Bertz CT molecular complexity index is 825. The lowest BCUT2D eigenvalue weighted by atomic mass is 10.2. The van der Waals surface area contributed by atoms with Crippen LogP contribution in [0, 0.1) is 6.92 Å². The molecule has 0 N–H and O–H groups in total. The number of benzene rings is 1. The number of thiophene rings is 1. The Morgan fingerprint density at radius 3 is 2.64 bits per heavy atom. The molecule has 1 saturated heterocycles. The van der Waals surface area contributed by atoms with Gasteiger partial charge in [-0.3, -0.25) is 4.90 Å². The van der Waals surface area contributed by atoms with E-state index in [0.29, 0.717) is 0 Å². The molecule has 1 aliphatic rings. The molecule has 3 heterocycles. The van der Waals surface area contributed by atoms with E-state index in [0.717, 1.165) is 55.7 Å². The molecule has 0 amide bonds. The number of piperazine rings is 1. The minimum absolute atomic E-state index is 0.728. The number of fused-ring (bicyclic) bond motifs is 1. The summed E-state index contributed by atoms with van der Waals surface area (Å²) in [5.41, 5.74) is 1.26. The molecule has 0 spiro atoms. The first-order valence-corrected chi connectivity index (χ1v) is 9.52. The van der Waals surface area contributed by atoms with E-state index in [2.05, 4.69) is 50.3 Å². The highest BCUT2D eigenvalue weighted by atomic mass is 32.1. The highest BCUT2D eigenvalue weighted by molar-refractivity contribution is 7.16. The maximum Gasteiger partial charge on any atom is 0.140 e. The summed E-state index contributed by atoms with van der Waals surface area (Å²) in [6.07, 6.45) is 1.68. The van der Waals surface area contributed by atoms with E-state index >= 15 is 0 Å². The fourth-order valence-corrected chi connectivity index (χ4v) is 3.87. The molecular formula is C19H22N4OS. The van der Waals surface area contributed by atoms with Crippen LogP contribution in [0.2, 0.25) is 0 Å². The molecule has 5 nitrogen and oxygen atoms in total. The van der Waals surface area contributed by atoms with E-state index in [-0.39, 0.29) is 0 Å². The van der Waals surface area contributed by atoms with Crippen molar-refractivity contribution in [3.8, 4) is 5.75 Å². The smallest absolute Gasteiger partial charge is 0.140 e. The predicted octanol–water partition coefficient (Wildman–Crippen LogP) is 3.20. The van der Waals surface area contributed by atoms with Gasteiger partial charge in [0, 0.05) is 32.7 Å². The van der Waals surface area contributed by atoms with E-state index in [1.165, 1.54) is 10.9 Å². The Morgan fingerprint density at radius 1 is 1.04 bits per heavy atom. The Morgan fingerprint density at radius 2 is 1.84 bits per heavy atom. The minimum Gasteiger partial charge on any atom is -0.492 e. The molecule has 25 heavy (non-hydrogen) atoms. The van der Waals surface area contributed by atoms with Gasteiger partial charge in [0.05, 0.1) is 5.39 Å². The molecule has 0 saturated carbocycles. The molecule has 2 aromatic heterocycles. The van der Waals surface area contributed by atoms with Gasteiger partial charge in [-0.25, -0.2) is 9.97 Å². The van der Waals surface area contributed by atoms with Crippen molar-refractivity contribution in [3.05, 3.63) is 47.6 Å². The van der Waals surface area contributed by atoms with Crippen molar-refractivity contribution in [3.63, 3.8) is 0 Å². The zero-order chi connectivity index (χ0) is 17.1. The van der Waals surface area contributed by atoms with Gasteiger partial charge in [0.2, 0.25) is 0 Å². The maximum absolute atomic E-state index is 5.85. The molecule has 6 heteroatoms. The lowest BCUT2D eigenvalue weighted by Crippen LogP contribution is -2.47. The summed E-state index contributed by atoms with van der Waals surface area (Å²) < 4.78 is 5.85. The van der Waals surface area contributed by atoms with Crippen LogP contribution in [-0.4, -0.2) is 54.2 Å². The van der Waals surface area contributed by atoms with Gasteiger partial charge in [-0.1, -0.05) is 17.7 Å². The normalized spacial score (nSPS) is 15.6. The van der Waals surface area contributed by atoms with Crippen molar-refractivity contribution in [2.24, 2.45) is 0 Å². The second kappa shape index (κ2) is 7.37. The monoisotopic (exact) mass is 354 g/mol. The first kappa shape index (κ1) is 16.3. The maximum atomic E-state index is 5.85. The highest BCUT2D eigenvalue weighted by Crippen LogP contribution is 2.27. The summed E-state index contributed by atoms with van der Waals surface area (Å²) in [6.45, 7) is 7.83. The molecule has 1 fully saturated rings. The van der Waals surface area contributed by atoms with Gasteiger partial charge in [-0.05, 0) is 30.5 Å². The topological polar surface area (TPSA) is 41.5 Å². The van der Waals surface area contributed by atoms with Crippen molar-refractivity contribution < 1.29 is 4.74 Å². The second-order valence-corrected chi connectivity index (χ2v) is 7.22. The summed E-state index contributed by atoms with van der Waals surface area (Å²) in [6, 6.07) is 10.4. The summed E-state index contributed by atoms with van der Waals surface area (Å²) in [7, 11) is 0. The summed E-state index contributed by atoms with van der Waals surface area (Å²) >= 11 is 1.67. The van der Waals surface area contributed by atoms with E-state index in [9.17, 15) is 0 Å². The van der Waals surface area contributed by atoms with Gasteiger partial charge in [0.15, 0.2) is 0 Å². The molecule has 4 rings (SSSR count). The van der Waals surface area contributed by atoms with Crippen LogP contribution in [-0.2, 0) is 0 Å². The van der Waals surface area contributed by atoms with Gasteiger partial charge in [-0.2, -0.15) is 0 Å². The van der Waals surface area contributed by atoms with Gasteiger partial charge in [0.1, 0.15) is 29.3 Å². The predicted molar refractivity (Wildman–Crippen MR) is 103 cm³/mol. The van der Waals surface area contributed by atoms with Crippen molar-refractivity contribution in [1.82, 2.24) is 14.9 Å². The third-order valence-corrected chi connectivity index (χ3v) is 5.43. The molecule has 0 bridgehead atoms. The quantitative estimate of drug-likeness (QED) is 0.704. The molecule has 130 valence electrons. The van der Waals surface area contributed by atoms with Gasteiger partial charge >= 0.3 is 0 Å². The fourth-order valence-electron chi connectivity index (χ4n) is 3.14. The molecule has 1 aromatic carbocycles. The summed E-state index contributed by atoms with van der Waals surface area (Å²) in [5.74, 6) is 2.02. The van der Waals surface area contributed by atoms with Gasteiger partial charge in [0.25, 0.3) is 0 Å². The Kier molecular flexibility index (Phi) is 4.81. The lowest BCUT2D eigenvalue weighted by Gasteiger charge is -2.35. The van der Waals surface area contributed by atoms with Gasteiger partial charge < -0.3 is 9.64 Å². The number of aryl methyl sites for hydroxylation is 1. The Balaban J connectivity index is 1.28. The van der Waals surface area contributed by atoms with Crippen molar-refractivity contribution in [2.45, 2.75) is 6.92 Å². The first-order chi connectivity index (χ1) is 12.3. The third kappa shape index (κ3) is 3.75. The number of nitrogens with zero attached hydrogens (tertiary/aromatic N) is 4. The zero-order valence-corrected chi connectivity index (χ0v) is 15.2. The van der Waals surface area contributed by atoms with Crippen LogP contribution in [0.25, 0.3) is 10.2 Å². The summed E-state index contributed by atoms with van der Waals surface area (Å²) in [5, 5.41) is 3.25. The van der Waals surface area contributed by atoms with Crippen molar-refractivity contribution in [1.29, 1.82) is 0 Å². The second-order valence-electron chi connectivity index (χ2n) is 6.33. The van der Waals surface area contributed by atoms with Crippen molar-refractivity contribution in [2.75, 3.05) is 44.2 Å². The summed E-state index contributed by atoms with van der Waals surface area (Å²) in [4.78, 5) is 14.7. The largest absolute Gasteiger partial charge is 0.492 e. The molecule has 0 atom stereocenters. The average Bonchev–Trinajstić information content (AvgIpc) is 3.13. The van der Waals surface area contributed by atoms with Gasteiger partial charge in [-0.15, -0.1) is 11.3 Å². The fraction of sp³-hybridized carbons (Fsp3) is 0.368. The Hall–Kier alpha value is -2.18. The van der Waals surface area contributed by atoms with Crippen LogP contribution in [0.1, 0.15) is 5.56 Å². The number of ether oxygens (including phenoxy) is 1. The van der Waals surface area contributed by atoms with E-state index in [1.807, 2.05) is 12.1 Å². The van der Waals surface area contributed by atoms with Crippen molar-refractivity contribution >= 4 is 27.4 Å². The van der Waals surface area contributed by atoms with Crippen LogP contribution in [0.15, 0.2) is 42.0 Å². The Labute approximate surface area is 151 Å². The third-order valence-electron chi connectivity index (χ3n) is 4.61. The number of aromatic nitrogens is 2. The SMILES string of the molecule is Cc1ccc(OCCN2CCN(c3ncnc4sccc34)CC2)cc1. The van der Waals surface area contributed by atoms with Crippen LogP contribution in [0.4, 0.5) is 5.82 Å². The van der Waals surface area contributed by atoms with Crippen LogP contribution in [0.3, 0.4) is 0 Å². The van der Waals surface area contributed by atoms with E-state index in [4.69, 9.17) is 4.74 Å². The minimum atomic E-state index is 0.728. The molecule has 0 aliphatic carbocycles. The van der Waals surface area contributed by atoms with E-state index < -0.39 is 0 Å². The van der Waals surface area contributed by atoms with Crippen LogP contribution in [0.5, 0.6) is 5.75 Å². The van der Waals surface area contributed by atoms with E-state index in [1.54, 1.807) is 17.7 Å². The number of rotatable bonds is 5. The van der Waals surface area contributed by atoms with Crippen LogP contribution >= 0.6 is 11.3 Å². The number of anilines is 1. The molecular weight excluding hydrogens is 332 g/mol. The number of hydrogen-bond donors (Lipinski definition) is 0. The zero-order valence-electron chi connectivity index (χ0n) is 14.4.